The molecule has 7 heteroatoms. The molecule has 0 saturated carbocycles. The molecule has 18 heavy (non-hydrogen) atoms. The Bertz CT molecular complexity index is 594. The molecule has 1 heterocycles. The number of halogens is 1. The first-order valence-electron chi connectivity index (χ1n) is 5.21. The van der Waals surface area contributed by atoms with E-state index in [0.29, 0.717) is 6.42 Å². The van der Waals surface area contributed by atoms with Gasteiger partial charge < -0.3 is 0 Å². The molecule has 4 nitrogen and oxygen atoms in total. The van der Waals surface area contributed by atoms with E-state index in [9.17, 15) is 12.8 Å². The molecule has 96 valence electrons. The summed E-state index contributed by atoms with van der Waals surface area (Å²) in [6, 6.07) is 4.72. The molecule has 0 aliphatic heterocycles. The first kappa shape index (κ1) is 13.1. The van der Waals surface area contributed by atoms with Crippen molar-refractivity contribution in [2.24, 2.45) is 0 Å². The van der Waals surface area contributed by atoms with Gasteiger partial charge in [0.25, 0.3) is 0 Å². The number of thiazole rings is 1. The van der Waals surface area contributed by atoms with Crippen LogP contribution in [0, 0.1) is 5.82 Å². The van der Waals surface area contributed by atoms with Crippen LogP contribution >= 0.6 is 11.3 Å². The Labute approximate surface area is 109 Å². The normalized spacial score (nSPS) is 11.6. The van der Waals surface area contributed by atoms with Gasteiger partial charge in [-0.1, -0.05) is 0 Å². The van der Waals surface area contributed by atoms with Crippen molar-refractivity contribution < 1.29 is 12.8 Å². The predicted molar refractivity (Wildman–Crippen MR) is 67.4 cm³/mol. The lowest BCUT2D eigenvalue weighted by Gasteiger charge is -2.05. The molecule has 0 saturated heterocycles. The summed E-state index contributed by atoms with van der Waals surface area (Å²) in [4.78, 5) is 4.11. The minimum atomic E-state index is -3.57. The summed E-state index contributed by atoms with van der Waals surface area (Å²) < 4.78 is 38.8. The number of benzene rings is 1. The summed E-state index contributed by atoms with van der Waals surface area (Å²) in [6.07, 6.45) is 2.21. The van der Waals surface area contributed by atoms with Gasteiger partial charge in [-0.3, -0.25) is 0 Å². The fraction of sp³-hybridized carbons (Fsp3) is 0.182. The highest BCUT2D eigenvalue weighted by Gasteiger charge is 2.13. The molecule has 2 rings (SSSR count). The molecular weight excluding hydrogens is 275 g/mol. The maximum absolute atomic E-state index is 12.7. The van der Waals surface area contributed by atoms with Gasteiger partial charge in [0.2, 0.25) is 10.0 Å². The minimum absolute atomic E-state index is 0.0584. The maximum atomic E-state index is 12.7. The van der Waals surface area contributed by atoms with Gasteiger partial charge in [-0.15, -0.1) is 11.3 Å². The number of nitrogens with one attached hydrogen (secondary N) is 1. The molecule has 0 bridgehead atoms. The van der Waals surface area contributed by atoms with Gasteiger partial charge in [0.1, 0.15) is 5.82 Å². The van der Waals surface area contributed by atoms with E-state index in [1.165, 1.54) is 23.5 Å². The second-order valence-corrected chi connectivity index (χ2v) is 6.27. The van der Waals surface area contributed by atoms with Crippen LogP contribution < -0.4 is 4.72 Å². The van der Waals surface area contributed by atoms with E-state index in [0.717, 1.165) is 17.1 Å². The number of rotatable bonds is 5. The number of hydrogen-bond acceptors (Lipinski definition) is 4. The van der Waals surface area contributed by atoms with Gasteiger partial charge in [0.05, 0.1) is 9.90 Å². The first-order chi connectivity index (χ1) is 8.58. The van der Waals surface area contributed by atoms with Crippen LogP contribution in [0.3, 0.4) is 0 Å². The average molecular weight is 286 g/mol. The molecule has 0 amide bonds. The summed E-state index contributed by atoms with van der Waals surface area (Å²) in [5.41, 5.74) is 0. The van der Waals surface area contributed by atoms with E-state index in [-0.39, 0.29) is 11.4 Å². The lowest BCUT2D eigenvalue weighted by atomic mass is 10.4. The smallest absolute Gasteiger partial charge is 0.240 e. The Morgan fingerprint density at radius 1 is 1.28 bits per heavy atom. The standard InChI is InChI=1S/C11H11FN2O2S2/c12-9-1-3-10(4-2-9)18(15,16)14-6-5-11-13-7-8-17-11/h1-4,7-8,14H,5-6H2. The second kappa shape index (κ2) is 5.55. The number of aromatic nitrogens is 1. The first-order valence-corrected chi connectivity index (χ1v) is 7.58. The molecule has 1 aromatic carbocycles. The second-order valence-electron chi connectivity index (χ2n) is 3.53. The van der Waals surface area contributed by atoms with E-state index >= 15 is 0 Å². The number of hydrogen-bond donors (Lipinski definition) is 1. The van der Waals surface area contributed by atoms with Crippen LogP contribution in [0.5, 0.6) is 0 Å². The summed E-state index contributed by atoms with van der Waals surface area (Å²) in [5.74, 6) is -0.461. The largest absolute Gasteiger partial charge is 0.250 e. The molecule has 1 aromatic heterocycles. The number of nitrogens with zero attached hydrogens (tertiary/aromatic N) is 1. The molecular formula is C11H11FN2O2S2. The molecule has 0 unspecified atom stereocenters. The van der Waals surface area contributed by atoms with Crippen molar-refractivity contribution in [1.82, 2.24) is 9.71 Å². The van der Waals surface area contributed by atoms with Gasteiger partial charge in [-0.25, -0.2) is 22.5 Å². The minimum Gasteiger partial charge on any atom is -0.250 e. The highest BCUT2D eigenvalue weighted by Crippen LogP contribution is 2.10. The third kappa shape index (κ3) is 3.34. The highest BCUT2D eigenvalue weighted by molar-refractivity contribution is 7.89. The Kier molecular flexibility index (Phi) is 4.05. The summed E-state index contributed by atoms with van der Waals surface area (Å²) in [6.45, 7) is 0.271. The van der Waals surface area contributed by atoms with Crippen LogP contribution in [-0.4, -0.2) is 19.9 Å². The summed E-state index contributed by atoms with van der Waals surface area (Å²) in [7, 11) is -3.57. The van der Waals surface area contributed by atoms with Crippen molar-refractivity contribution in [1.29, 1.82) is 0 Å². The Balaban J connectivity index is 1.97. The van der Waals surface area contributed by atoms with Crippen molar-refractivity contribution in [2.75, 3.05) is 6.54 Å². The van der Waals surface area contributed by atoms with E-state index in [2.05, 4.69) is 9.71 Å². The molecule has 2 aromatic rings. The fourth-order valence-corrected chi connectivity index (χ4v) is 3.02. The molecule has 1 N–H and O–H groups in total. The van der Waals surface area contributed by atoms with E-state index in [4.69, 9.17) is 0 Å². The van der Waals surface area contributed by atoms with Gasteiger partial charge in [-0.05, 0) is 24.3 Å². The maximum Gasteiger partial charge on any atom is 0.240 e. The van der Waals surface area contributed by atoms with Crippen molar-refractivity contribution >= 4 is 21.4 Å². The zero-order valence-electron chi connectivity index (χ0n) is 9.34. The zero-order chi connectivity index (χ0) is 13.0. The molecule has 0 atom stereocenters. The van der Waals surface area contributed by atoms with Crippen LogP contribution in [0.2, 0.25) is 0 Å². The van der Waals surface area contributed by atoms with Crippen LogP contribution in [-0.2, 0) is 16.4 Å². The number of sulfonamides is 1. The van der Waals surface area contributed by atoms with Crippen molar-refractivity contribution in [2.45, 2.75) is 11.3 Å². The van der Waals surface area contributed by atoms with Crippen LogP contribution in [0.15, 0.2) is 40.7 Å². The van der Waals surface area contributed by atoms with Crippen molar-refractivity contribution in [3.63, 3.8) is 0 Å². The monoisotopic (exact) mass is 286 g/mol. The van der Waals surface area contributed by atoms with Crippen LogP contribution in [0.1, 0.15) is 5.01 Å². The van der Waals surface area contributed by atoms with Gasteiger partial charge in [0.15, 0.2) is 0 Å². The van der Waals surface area contributed by atoms with E-state index < -0.39 is 15.8 Å². The van der Waals surface area contributed by atoms with E-state index in [1.807, 2.05) is 5.38 Å². The van der Waals surface area contributed by atoms with Gasteiger partial charge >= 0.3 is 0 Å². The summed E-state index contributed by atoms with van der Waals surface area (Å²) >= 11 is 1.48. The fourth-order valence-electron chi connectivity index (χ4n) is 1.37. The molecule has 0 aliphatic carbocycles. The Morgan fingerprint density at radius 3 is 2.61 bits per heavy atom. The molecule has 0 radical (unpaired) electrons. The molecule has 0 spiro atoms. The summed E-state index contributed by atoms with van der Waals surface area (Å²) in [5, 5.41) is 2.71. The molecule has 0 fully saturated rings. The lowest BCUT2D eigenvalue weighted by Crippen LogP contribution is -2.25. The van der Waals surface area contributed by atoms with Crippen LogP contribution in [0.4, 0.5) is 4.39 Å². The topological polar surface area (TPSA) is 59.1 Å². The van der Waals surface area contributed by atoms with E-state index in [1.54, 1.807) is 6.20 Å². The average Bonchev–Trinajstić information content (AvgIpc) is 2.82. The van der Waals surface area contributed by atoms with Crippen molar-refractivity contribution in [3.05, 3.63) is 46.7 Å². The molecule has 0 aliphatic rings. The predicted octanol–water partition coefficient (Wildman–Crippen LogP) is 1.80. The van der Waals surface area contributed by atoms with Gasteiger partial charge in [0, 0.05) is 24.5 Å². The van der Waals surface area contributed by atoms with Crippen LogP contribution in [0.25, 0.3) is 0 Å². The SMILES string of the molecule is O=S(=O)(NCCc1nccs1)c1ccc(F)cc1. The zero-order valence-corrected chi connectivity index (χ0v) is 11.0. The Hall–Kier alpha value is -1.31. The lowest BCUT2D eigenvalue weighted by molar-refractivity contribution is 0.580. The Morgan fingerprint density at radius 2 is 2.00 bits per heavy atom. The van der Waals surface area contributed by atoms with Gasteiger partial charge in [-0.2, -0.15) is 0 Å². The quantitative estimate of drug-likeness (QED) is 0.912. The third-order valence-electron chi connectivity index (χ3n) is 2.24. The van der Waals surface area contributed by atoms with Crippen molar-refractivity contribution in [3.8, 4) is 0 Å². The highest BCUT2D eigenvalue weighted by atomic mass is 32.2. The third-order valence-corrected chi connectivity index (χ3v) is 4.55.